The first-order valence-electron chi connectivity index (χ1n) is 7.17. The second-order valence-corrected chi connectivity index (χ2v) is 6.83. The fourth-order valence-corrected chi connectivity index (χ4v) is 4.06. The average molecular weight is 338 g/mol. The summed E-state index contributed by atoms with van der Waals surface area (Å²) in [6.45, 7) is 3.68. The molecule has 0 amide bonds. The van der Waals surface area contributed by atoms with E-state index >= 15 is 0 Å². The Morgan fingerprint density at radius 2 is 2.09 bits per heavy atom. The quantitative estimate of drug-likeness (QED) is 0.812. The van der Waals surface area contributed by atoms with Crippen molar-refractivity contribution in [2.45, 2.75) is 24.8 Å². The van der Waals surface area contributed by atoms with Crippen LogP contribution in [0.5, 0.6) is 5.75 Å². The Hall–Kier alpha value is -1.99. The zero-order valence-corrected chi connectivity index (χ0v) is 14.0. The fourth-order valence-electron chi connectivity index (χ4n) is 2.39. The molecule has 0 saturated carbocycles. The van der Waals surface area contributed by atoms with Gasteiger partial charge in [0.05, 0.1) is 7.11 Å². The van der Waals surface area contributed by atoms with Crippen LogP contribution in [0.1, 0.15) is 25.5 Å². The molecule has 0 bridgehead atoms. The Morgan fingerprint density at radius 1 is 1.35 bits per heavy atom. The van der Waals surface area contributed by atoms with Crippen molar-refractivity contribution < 1.29 is 17.5 Å². The van der Waals surface area contributed by atoms with Gasteiger partial charge in [-0.2, -0.15) is 4.31 Å². The molecular formula is C16H19FN2O3S. The monoisotopic (exact) mass is 338 g/mol. The molecule has 0 fully saturated rings. The van der Waals surface area contributed by atoms with Crippen molar-refractivity contribution in [2.24, 2.45) is 0 Å². The Morgan fingerprint density at radius 3 is 2.61 bits per heavy atom. The summed E-state index contributed by atoms with van der Waals surface area (Å²) in [6.07, 6.45) is 3.22. The molecule has 2 aromatic rings. The summed E-state index contributed by atoms with van der Waals surface area (Å²) in [5.74, 6) is -0.564. The van der Waals surface area contributed by atoms with Crippen molar-refractivity contribution in [1.82, 2.24) is 9.29 Å². The van der Waals surface area contributed by atoms with E-state index in [1.807, 2.05) is 0 Å². The van der Waals surface area contributed by atoms with Gasteiger partial charge in [-0.15, -0.1) is 0 Å². The number of halogens is 1. The van der Waals surface area contributed by atoms with Crippen LogP contribution in [0.15, 0.2) is 47.6 Å². The minimum Gasteiger partial charge on any atom is -0.497 e. The molecule has 0 aliphatic rings. The van der Waals surface area contributed by atoms with Gasteiger partial charge in [0.1, 0.15) is 16.5 Å². The molecule has 1 unspecified atom stereocenters. The third-order valence-corrected chi connectivity index (χ3v) is 5.71. The third-order valence-electron chi connectivity index (χ3n) is 3.64. The van der Waals surface area contributed by atoms with Crippen LogP contribution in [0.2, 0.25) is 0 Å². The second kappa shape index (κ2) is 7.06. The fraction of sp³-hybridized carbons (Fsp3) is 0.312. The van der Waals surface area contributed by atoms with Gasteiger partial charge in [-0.3, -0.25) is 4.98 Å². The van der Waals surface area contributed by atoms with E-state index in [1.165, 1.54) is 23.5 Å². The van der Waals surface area contributed by atoms with Crippen LogP contribution in [-0.2, 0) is 10.0 Å². The van der Waals surface area contributed by atoms with Crippen LogP contribution in [0, 0.1) is 5.82 Å². The van der Waals surface area contributed by atoms with E-state index in [-0.39, 0.29) is 17.2 Å². The van der Waals surface area contributed by atoms with E-state index in [0.717, 1.165) is 11.6 Å². The number of pyridine rings is 1. The van der Waals surface area contributed by atoms with Crippen molar-refractivity contribution in [1.29, 1.82) is 0 Å². The molecule has 0 radical (unpaired) electrons. The van der Waals surface area contributed by atoms with Gasteiger partial charge in [-0.25, -0.2) is 12.8 Å². The molecular weight excluding hydrogens is 319 g/mol. The van der Waals surface area contributed by atoms with E-state index < -0.39 is 21.9 Å². The van der Waals surface area contributed by atoms with Crippen LogP contribution in [0.25, 0.3) is 0 Å². The standard InChI is InChI=1S/C16H19FN2O3S/c1-4-19(12(2)13-6-5-9-18-11-13)23(20,21)16-8-7-14(22-3)10-15(16)17/h5-12H,4H2,1-3H3. The normalized spacial score (nSPS) is 13.1. The molecule has 0 aliphatic heterocycles. The van der Waals surface area contributed by atoms with E-state index in [1.54, 1.807) is 38.4 Å². The van der Waals surface area contributed by atoms with E-state index in [9.17, 15) is 12.8 Å². The smallest absolute Gasteiger partial charge is 0.246 e. The summed E-state index contributed by atoms with van der Waals surface area (Å²) in [7, 11) is -2.58. The van der Waals surface area contributed by atoms with Crippen LogP contribution in [-0.4, -0.2) is 31.4 Å². The number of aromatic nitrogens is 1. The molecule has 1 aromatic heterocycles. The van der Waals surface area contributed by atoms with E-state index in [2.05, 4.69) is 4.98 Å². The first-order chi connectivity index (χ1) is 10.9. The van der Waals surface area contributed by atoms with Gasteiger partial charge in [0, 0.05) is 31.0 Å². The summed E-state index contributed by atoms with van der Waals surface area (Å²) in [6, 6.07) is 6.79. The SMILES string of the molecule is CCN(C(C)c1cccnc1)S(=O)(=O)c1ccc(OC)cc1F. The zero-order chi connectivity index (χ0) is 17.0. The highest BCUT2D eigenvalue weighted by Crippen LogP contribution is 2.29. The molecule has 124 valence electrons. The highest BCUT2D eigenvalue weighted by molar-refractivity contribution is 7.89. The van der Waals surface area contributed by atoms with Crippen LogP contribution < -0.4 is 4.74 Å². The maximum absolute atomic E-state index is 14.2. The minimum atomic E-state index is -3.98. The minimum absolute atomic E-state index is 0.212. The van der Waals surface area contributed by atoms with Gasteiger partial charge in [0.15, 0.2) is 0 Å². The third kappa shape index (κ3) is 3.51. The first kappa shape index (κ1) is 17.4. The molecule has 23 heavy (non-hydrogen) atoms. The average Bonchev–Trinajstić information content (AvgIpc) is 2.55. The number of benzene rings is 1. The topological polar surface area (TPSA) is 59.5 Å². The summed E-state index contributed by atoms with van der Waals surface area (Å²) >= 11 is 0. The molecule has 0 N–H and O–H groups in total. The van der Waals surface area contributed by atoms with Crippen molar-refractivity contribution in [3.8, 4) is 5.75 Å². The Labute approximate surface area is 135 Å². The largest absolute Gasteiger partial charge is 0.497 e. The maximum atomic E-state index is 14.2. The Balaban J connectivity index is 2.43. The van der Waals surface area contributed by atoms with E-state index in [4.69, 9.17) is 4.74 Å². The number of methoxy groups -OCH3 is 1. The lowest BCUT2D eigenvalue weighted by Crippen LogP contribution is -2.34. The zero-order valence-electron chi connectivity index (χ0n) is 13.2. The Kier molecular flexibility index (Phi) is 5.33. The lowest BCUT2D eigenvalue weighted by atomic mass is 10.1. The number of sulfonamides is 1. The van der Waals surface area contributed by atoms with Crippen molar-refractivity contribution in [3.63, 3.8) is 0 Å². The number of hydrogen-bond donors (Lipinski definition) is 0. The molecule has 0 aliphatic carbocycles. The first-order valence-corrected chi connectivity index (χ1v) is 8.61. The van der Waals surface area contributed by atoms with Gasteiger partial charge < -0.3 is 4.74 Å². The van der Waals surface area contributed by atoms with E-state index in [0.29, 0.717) is 0 Å². The molecule has 1 atom stereocenters. The van der Waals surface area contributed by atoms with Crippen molar-refractivity contribution in [2.75, 3.05) is 13.7 Å². The highest BCUT2D eigenvalue weighted by Gasteiger charge is 2.31. The van der Waals surface area contributed by atoms with Gasteiger partial charge in [-0.1, -0.05) is 13.0 Å². The number of rotatable bonds is 6. The van der Waals surface area contributed by atoms with Crippen LogP contribution in [0.4, 0.5) is 4.39 Å². The van der Waals surface area contributed by atoms with Gasteiger partial charge in [-0.05, 0) is 30.7 Å². The molecule has 1 heterocycles. The molecule has 0 spiro atoms. The summed E-state index contributed by atoms with van der Waals surface area (Å²) in [5.41, 5.74) is 0.742. The van der Waals surface area contributed by atoms with Gasteiger partial charge >= 0.3 is 0 Å². The lowest BCUT2D eigenvalue weighted by Gasteiger charge is -2.27. The molecule has 1 aromatic carbocycles. The molecule has 0 saturated heterocycles. The Bertz CT molecular complexity index is 766. The lowest BCUT2D eigenvalue weighted by molar-refractivity contribution is 0.354. The second-order valence-electron chi connectivity index (χ2n) is 4.97. The summed E-state index contributed by atoms with van der Waals surface area (Å²) < 4.78 is 46.0. The predicted octanol–water partition coefficient (Wildman–Crippen LogP) is 3.00. The van der Waals surface area contributed by atoms with Gasteiger partial charge in [0.2, 0.25) is 10.0 Å². The number of hydrogen-bond acceptors (Lipinski definition) is 4. The van der Waals surface area contributed by atoms with Crippen LogP contribution >= 0.6 is 0 Å². The van der Waals surface area contributed by atoms with Crippen molar-refractivity contribution in [3.05, 3.63) is 54.1 Å². The van der Waals surface area contributed by atoms with Crippen molar-refractivity contribution >= 4 is 10.0 Å². The molecule has 5 nitrogen and oxygen atoms in total. The summed E-state index contributed by atoms with van der Waals surface area (Å²) in [5, 5.41) is 0. The van der Waals surface area contributed by atoms with Crippen LogP contribution in [0.3, 0.4) is 0 Å². The summed E-state index contributed by atoms with van der Waals surface area (Å²) in [4.78, 5) is 3.64. The molecule has 2 rings (SSSR count). The van der Waals surface area contributed by atoms with Gasteiger partial charge in [0.25, 0.3) is 0 Å². The molecule has 7 heteroatoms. The maximum Gasteiger partial charge on any atom is 0.246 e. The number of nitrogens with zero attached hydrogens (tertiary/aromatic N) is 2. The predicted molar refractivity (Wildman–Crippen MR) is 85.2 cm³/mol. The highest BCUT2D eigenvalue weighted by atomic mass is 32.2. The number of ether oxygens (including phenoxy) is 1.